The van der Waals surface area contributed by atoms with Gasteiger partial charge >= 0.3 is 0 Å². The topological polar surface area (TPSA) is 29.9 Å². The predicted octanol–water partition coefficient (Wildman–Crippen LogP) is 3.60. The van der Waals surface area contributed by atoms with Crippen molar-refractivity contribution >= 4 is 15.9 Å². The fraction of sp³-hybridized carbons (Fsp3) is 0.769. The number of hydrogen-bond acceptors (Lipinski definition) is 2. The fourth-order valence-corrected chi connectivity index (χ4v) is 2.33. The third-order valence-electron chi connectivity index (χ3n) is 3.34. The van der Waals surface area contributed by atoms with E-state index in [0.717, 1.165) is 16.7 Å². The van der Waals surface area contributed by atoms with Gasteiger partial charge in [-0.15, -0.1) is 0 Å². The summed E-state index contributed by atoms with van der Waals surface area (Å²) in [6, 6.07) is 1.01. The van der Waals surface area contributed by atoms with Gasteiger partial charge in [-0.25, -0.2) is 0 Å². The second-order valence-corrected chi connectivity index (χ2v) is 5.49. The third-order valence-corrected chi connectivity index (χ3v) is 4.49. The minimum absolute atomic E-state index is 0.389. The number of nitrogens with one attached hydrogen (secondary N) is 1. The maximum Gasteiger partial charge on any atom is 0.0738 e. The summed E-state index contributed by atoms with van der Waals surface area (Å²) < 4.78 is 3.24. The Morgan fingerprint density at radius 3 is 2.29 bits per heavy atom. The zero-order chi connectivity index (χ0) is 13.0. The van der Waals surface area contributed by atoms with Crippen LogP contribution in [0.2, 0.25) is 0 Å². The van der Waals surface area contributed by atoms with Crippen molar-refractivity contribution in [2.45, 2.75) is 59.5 Å². The summed E-state index contributed by atoms with van der Waals surface area (Å²) in [5.41, 5.74) is 2.28. The molecular formula is C13H24BrN3. The minimum Gasteiger partial charge on any atom is -0.312 e. The largest absolute Gasteiger partial charge is 0.312 e. The zero-order valence-corrected chi connectivity index (χ0v) is 13.1. The second-order valence-electron chi connectivity index (χ2n) is 4.70. The standard InChI is InChI=1S/C13H24BrN3/c1-6-12(7-2)15-8-9(3)17-11(5)13(14)10(4)16-17/h9,12,15H,6-8H2,1-5H3. The van der Waals surface area contributed by atoms with E-state index >= 15 is 0 Å². The summed E-state index contributed by atoms with van der Waals surface area (Å²) >= 11 is 3.57. The molecule has 0 amide bonds. The van der Waals surface area contributed by atoms with Gasteiger partial charge in [-0.05, 0) is 49.5 Å². The van der Waals surface area contributed by atoms with Gasteiger partial charge in [0.05, 0.1) is 21.9 Å². The molecule has 0 aliphatic rings. The molecule has 0 aliphatic carbocycles. The van der Waals surface area contributed by atoms with Gasteiger partial charge in [-0.1, -0.05) is 13.8 Å². The number of aromatic nitrogens is 2. The summed E-state index contributed by atoms with van der Waals surface area (Å²) in [5.74, 6) is 0. The van der Waals surface area contributed by atoms with Crippen LogP contribution in [0.5, 0.6) is 0 Å². The monoisotopic (exact) mass is 301 g/mol. The predicted molar refractivity (Wildman–Crippen MR) is 76.5 cm³/mol. The van der Waals surface area contributed by atoms with Gasteiger partial charge in [0.2, 0.25) is 0 Å². The Hall–Kier alpha value is -0.350. The Kier molecular flexibility index (Phi) is 5.67. The van der Waals surface area contributed by atoms with Crippen molar-refractivity contribution in [1.82, 2.24) is 15.1 Å². The normalized spacial score (nSPS) is 13.4. The van der Waals surface area contributed by atoms with Gasteiger partial charge in [0.25, 0.3) is 0 Å². The van der Waals surface area contributed by atoms with Crippen LogP contribution in [-0.4, -0.2) is 22.4 Å². The van der Waals surface area contributed by atoms with Crippen LogP contribution in [0.4, 0.5) is 0 Å². The number of rotatable bonds is 6. The molecule has 3 nitrogen and oxygen atoms in total. The highest BCUT2D eigenvalue weighted by Crippen LogP contribution is 2.22. The highest BCUT2D eigenvalue weighted by Gasteiger charge is 2.14. The lowest BCUT2D eigenvalue weighted by Gasteiger charge is -2.20. The van der Waals surface area contributed by atoms with Gasteiger partial charge in [-0.2, -0.15) is 5.10 Å². The van der Waals surface area contributed by atoms with Gasteiger partial charge in [-0.3, -0.25) is 4.68 Å². The van der Waals surface area contributed by atoms with E-state index in [9.17, 15) is 0 Å². The first kappa shape index (κ1) is 14.7. The average molecular weight is 302 g/mol. The summed E-state index contributed by atoms with van der Waals surface area (Å²) in [6.45, 7) is 11.8. The molecule has 0 radical (unpaired) electrons. The van der Waals surface area contributed by atoms with Gasteiger partial charge in [0, 0.05) is 12.6 Å². The average Bonchev–Trinajstić information content (AvgIpc) is 2.58. The molecule has 0 bridgehead atoms. The first-order valence-corrected chi connectivity index (χ1v) is 7.25. The Morgan fingerprint density at radius 1 is 1.29 bits per heavy atom. The van der Waals surface area contributed by atoms with E-state index < -0.39 is 0 Å². The maximum absolute atomic E-state index is 4.57. The van der Waals surface area contributed by atoms with Crippen molar-refractivity contribution in [2.75, 3.05) is 6.54 Å². The first-order chi connectivity index (χ1) is 8.01. The van der Waals surface area contributed by atoms with E-state index in [4.69, 9.17) is 0 Å². The molecule has 1 aromatic heterocycles. The molecule has 1 aromatic rings. The van der Waals surface area contributed by atoms with E-state index in [2.05, 4.69) is 58.7 Å². The van der Waals surface area contributed by atoms with Crippen LogP contribution in [0.25, 0.3) is 0 Å². The Labute approximate surface area is 113 Å². The number of nitrogens with zero attached hydrogens (tertiary/aromatic N) is 2. The second kappa shape index (κ2) is 6.55. The molecule has 1 heterocycles. The molecule has 0 saturated heterocycles. The van der Waals surface area contributed by atoms with Crippen LogP contribution < -0.4 is 5.32 Å². The molecule has 0 aromatic carbocycles. The Bertz CT molecular complexity index is 356. The van der Waals surface area contributed by atoms with E-state index in [1.807, 2.05) is 6.92 Å². The molecule has 17 heavy (non-hydrogen) atoms. The number of aryl methyl sites for hydroxylation is 1. The molecule has 0 spiro atoms. The maximum atomic E-state index is 4.57. The molecular weight excluding hydrogens is 278 g/mol. The molecule has 0 saturated carbocycles. The molecule has 1 rings (SSSR count). The van der Waals surface area contributed by atoms with Crippen LogP contribution >= 0.6 is 15.9 Å². The SMILES string of the molecule is CCC(CC)NCC(C)n1nc(C)c(Br)c1C. The lowest BCUT2D eigenvalue weighted by atomic mass is 10.1. The molecule has 0 fully saturated rings. The van der Waals surface area contributed by atoms with Crippen LogP contribution in [0.15, 0.2) is 4.47 Å². The molecule has 4 heteroatoms. The quantitative estimate of drug-likeness (QED) is 0.870. The van der Waals surface area contributed by atoms with Crippen molar-refractivity contribution in [3.05, 3.63) is 15.9 Å². The van der Waals surface area contributed by atoms with Gasteiger partial charge in [0.15, 0.2) is 0 Å². The molecule has 1 atom stereocenters. The van der Waals surface area contributed by atoms with E-state index in [0.29, 0.717) is 12.1 Å². The van der Waals surface area contributed by atoms with Crippen molar-refractivity contribution in [3.63, 3.8) is 0 Å². The van der Waals surface area contributed by atoms with Crippen molar-refractivity contribution in [1.29, 1.82) is 0 Å². The van der Waals surface area contributed by atoms with Gasteiger partial charge in [0.1, 0.15) is 0 Å². The van der Waals surface area contributed by atoms with Gasteiger partial charge < -0.3 is 5.32 Å². The van der Waals surface area contributed by atoms with Crippen LogP contribution in [0, 0.1) is 13.8 Å². The Balaban J connectivity index is 2.63. The Morgan fingerprint density at radius 2 is 1.88 bits per heavy atom. The highest BCUT2D eigenvalue weighted by atomic mass is 79.9. The van der Waals surface area contributed by atoms with E-state index in [1.54, 1.807) is 0 Å². The van der Waals surface area contributed by atoms with Crippen LogP contribution in [0.1, 0.15) is 51.0 Å². The summed E-state index contributed by atoms with van der Waals surface area (Å²) in [5, 5.41) is 8.17. The smallest absolute Gasteiger partial charge is 0.0738 e. The van der Waals surface area contributed by atoms with E-state index in [-0.39, 0.29) is 0 Å². The lowest BCUT2D eigenvalue weighted by Crippen LogP contribution is -2.33. The molecule has 1 unspecified atom stereocenters. The van der Waals surface area contributed by atoms with Crippen molar-refractivity contribution < 1.29 is 0 Å². The zero-order valence-electron chi connectivity index (χ0n) is 11.5. The number of halogens is 1. The lowest BCUT2D eigenvalue weighted by molar-refractivity contribution is 0.396. The summed E-state index contributed by atoms with van der Waals surface area (Å²) in [4.78, 5) is 0. The third kappa shape index (κ3) is 3.55. The van der Waals surface area contributed by atoms with E-state index in [1.165, 1.54) is 18.5 Å². The van der Waals surface area contributed by atoms with Crippen LogP contribution in [0.3, 0.4) is 0 Å². The van der Waals surface area contributed by atoms with Crippen LogP contribution in [-0.2, 0) is 0 Å². The fourth-order valence-electron chi connectivity index (χ4n) is 2.07. The first-order valence-electron chi connectivity index (χ1n) is 6.45. The van der Waals surface area contributed by atoms with Crippen molar-refractivity contribution in [3.8, 4) is 0 Å². The summed E-state index contributed by atoms with van der Waals surface area (Å²) in [6.07, 6.45) is 2.37. The van der Waals surface area contributed by atoms with Crippen molar-refractivity contribution in [2.24, 2.45) is 0 Å². The molecule has 1 N–H and O–H groups in total. The highest BCUT2D eigenvalue weighted by molar-refractivity contribution is 9.10. The molecule has 98 valence electrons. The molecule has 0 aliphatic heterocycles. The minimum atomic E-state index is 0.389. The number of hydrogen-bond donors (Lipinski definition) is 1. The summed E-state index contributed by atoms with van der Waals surface area (Å²) in [7, 11) is 0.